The second kappa shape index (κ2) is 7.53. The number of hydrogen-bond donors (Lipinski definition) is 2. The number of anilines is 2. The summed E-state index contributed by atoms with van der Waals surface area (Å²) < 4.78 is 5.40. The van der Waals surface area contributed by atoms with Crippen molar-refractivity contribution in [2.24, 2.45) is 0 Å². The number of rotatable bonds is 3. The lowest BCUT2D eigenvalue weighted by Crippen LogP contribution is -2.45. The highest BCUT2D eigenvalue weighted by atomic mass is 16.5. The van der Waals surface area contributed by atoms with Crippen molar-refractivity contribution in [3.63, 3.8) is 0 Å². The molecule has 0 radical (unpaired) electrons. The Morgan fingerprint density at radius 3 is 2.54 bits per heavy atom. The maximum absolute atomic E-state index is 12.5. The van der Waals surface area contributed by atoms with E-state index in [1.807, 2.05) is 49.9 Å². The number of nitrogens with zero attached hydrogens (tertiary/aromatic N) is 2. The fraction of sp³-hybridized carbons (Fsp3) is 0.579. The molecule has 0 aliphatic carbocycles. The van der Waals surface area contributed by atoms with Gasteiger partial charge in [-0.3, -0.25) is 4.79 Å². The lowest BCUT2D eigenvalue weighted by Gasteiger charge is -2.32. The molecule has 1 aromatic rings. The Morgan fingerprint density at radius 2 is 1.88 bits per heavy atom. The standard InChI is InChI=1S/C19H28N4O3/c1-19(2,3)23-13-14(12-17(23)24)20-18(25)21-15-6-4-5-7-16(15)22-8-10-26-11-9-22/h4-7,14H,8-13H2,1-3H3,(H2,20,21,25). The molecule has 26 heavy (non-hydrogen) atoms. The van der Waals surface area contributed by atoms with Gasteiger partial charge in [0.2, 0.25) is 5.91 Å². The molecule has 2 heterocycles. The van der Waals surface area contributed by atoms with Crippen LogP contribution in [-0.4, -0.2) is 61.3 Å². The second-order valence-corrected chi connectivity index (χ2v) is 7.79. The van der Waals surface area contributed by atoms with Crippen LogP contribution in [0, 0.1) is 0 Å². The van der Waals surface area contributed by atoms with Gasteiger partial charge in [0.15, 0.2) is 0 Å². The van der Waals surface area contributed by atoms with Crippen LogP contribution in [0.1, 0.15) is 27.2 Å². The summed E-state index contributed by atoms with van der Waals surface area (Å²) in [5.74, 6) is 0.0801. The highest BCUT2D eigenvalue weighted by Gasteiger charge is 2.36. The first-order chi connectivity index (χ1) is 12.3. The average molecular weight is 360 g/mol. The fourth-order valence-electron chi connectivity index (χ4n) is 3.46. The normalized spacial score (nSPS) is 21.0. The van der Waals surface area contributed by atoms with E-state index in [9.17, 15) is 9.59 Å². The van der Waals surface area contributed by atoms with Crippen molar-refractivity contribution in [3.8, 4) is 0 Å². The van der Waals surface area contributed by atoms with Crippen LogP contribution in [0.25, 0.3) is 0 Å². The van der Waals surface area contributed by atoms with Gasteiger partial charge in [0, 0.05) is 31.6 Å². The Morgan fingerprint density at radius 1 is 1.19 bits per heavy atom. The Balaban J connectivity index is 1.62. The van der Waals surface area contributed by atoms with Crippen LogP contribution in [0.4, 0.5) is 16.2 Å². The molecular formula is C19H28N4O3. The van der Waals surface area contributed by atoms with E-state index in [-0.39, 0.29) is 23.5 Å². The van der Waals surface area contributed by atoms with Crippen molar-refractivity contribution in [1.82, 2.24) is 10.2 Å². The van der Waals surface area contributed by atoms with Crippen LogP contribution in [0.5, 0.6) is 0 Å². The first kappa shape index (κ1) is 18.5. The van der Waals surface area contributed by atoms with E-state index in [2.05, 4.69) is 15.5 Å². The quantitative estimate of drug-likeness (QED) is 0.865. The molecule has 2 aliphatic heterocycles. The minimum atomic E-state index is -0.278. The van der Waals surface area contributed by atoms with Crippen LogP contribution < -0.4 is 15.5 Å². The summed E-state index contributed by atoms with van der Waals surface area (Å²) in [5.41, 5.74) is 1.53. The zero-order chi connectivity index (χ0) is 18.7. The highest BCUT2D eigenvalue weighted by Crippen LogP contribution is 2.26. The van der Waals surface area contributed by atoms with Crippen LogP contribution in [0.2, 0.25) is 0 Å². The Hall–Kier alpha value is -2.28. The maximum atomic E-state index is 12.5. The van der Waals surface area contributed by atoms with Gasteiger partial charge in [-0.05, 0) is 32.9 Å². The van der Waals surface area contributed by atoms with E-state index in [4.69, 9.17) is 4.74 Å². The van der Waals surface area contributed by atoms with Crippen LogP contribution in [0.3, 0.4) is 0 Å². The van der Waals surface area contributed by atoms with Crippen molar-refractivity contribution >= 4 is 23.3 Å². The molecule has 2 N–H and O–H groups in total. The SMILES string of the molecule is CC(C)(C)N1CC(NC(=O)Nc2ccccc2N2CCOCC2)CC1=O. The minimum Gasteiger partial charge on any atom is -0.378 e. The predicted octanol–water partition coefficient (Wildman–Crippen LogP) is 2.04. The Kier molecular flexibility index (Phi) is 5.36. The molecule has 0 saturated carbocycles. The molecule has 7 heteroatoms. The van der Waals surface area contributed by atoms with Crippen molar-refractivity contribution < 1.29 is 14.3 Å². The van der Waals surface area contributed by atoms with E-state index in [1.54, 1.807) is 0 Å². The molecule has 142 valence electrons. The molecule has 3 amide bonds. The number of hydrogen-bond acceptors (Lipinski definition) is 4. The van der Waals surface area contributed by atoms with Gasteiger partial charge in [-0.1, -0.05) is 12.1 Å². The molecule has 0 aromatic heterocycles. The van der Waals surface area contributed by atoms with E-state index >= 15 is 0 Å². The summed E-state index contributed by atoms with van der Waals surface area (Å²) in [6, 6.07) is 7.31. The minimum absolute atomic E-state index is 0.0801. The molecule has 3 rings (SSSR count). The molecule has 1 aromatic carbocycles. The monoisotopic (exact) mass is 360 g/mol. The van der Waals surface area contributed by atoms with E-state index in [1.165, 1.54) is 0 Å². The number of nitrogens with one attached hydrogen (secondary N) is 2. The van der Waals surface area contributed by atoms with Crippen molar-refractivity contribution in [2.75, 3.05) is 43.1 Å². The number of carbonyl (C=O) groups excluding carboxylic acids is 2. The summed E-state index contributed by atoms with van der Waals surface area (Å²) >= 11 is 0. The fourth-order valence-corrected chi connectivity index (χ4v) is 3.46. The number of ether oxygens (including phenoxy) is 1. The number of likely N-dealkylation sites (tertiary alicyclic amines) is 1. The van der Waals surface area contributed by atoms with Crippen molar-refractivity contribution in [2.45, 2.75) is 38.8 Å². The third-order valence-electron chi connectivity index (χ3n) is 4.77. The molecule has 1 atom stereocenters. The highest BCUT2D eigenvalue weighted by molar-refractivity contribution is 5.94. The lowest BCUT2D eigenvalue weighted by atomic mass is 10.1. The molecule has 0 bridgehead atoms. The number of amides is 3. The molecular weight excluding hydrogens is 332 g/mol. The first-order valence-corrected chi connectivity index (χ1v) is 9.14. The number of benzene rings is 1. The molecule has 0 spiro atoms. The van der Waals surface area contributed by atoms with Crippen LogP contribution in [-0.2, 0) is 9.53 Å². The third kappa shape index (κ3) is 4.27. The number of carbonyl (C=O) groups is 2. The zero-order valence-corrected chi connectivity index (χ0v) is 15.7. The molecule has 1 unspecified atom stereocenters. The van der Waals surface area contributed by atoms with Gasteiger partial charge in [0.05, 0.1) is 30.6 Å². The topological polar surface area (TPSA) is 73.9 Å². The van der Waals surface area contributed by atoms with Crippen LogP contribution in [0.15, 0.2) is 24.3 Å². The Labute approximate surface area is 154 Å². The Bertz CT molecular complexity index is 665. The largest absolute Gasteiger partial charge is 0.378 e. The van der Waals surface area contributed by atoms with E-state index < -0.39 is 0 Å². The lowest BCUT2D eigenvalue weighted by molar-refractivity contribution is -0.131. The molecule has 2 fully saturated rings. The molecule has 2 aliphatic rings. The number of urea groups is 1. The summed E-state index contributed by atoms with van der Waals surface area (Å²) in [5, 5.41) is 5.88. The smallest absolute Gasteiger partial charge is 0.319 e. The second-order valence-electron chi connectivity index (χ2n) is 7.79. The maximum Gasteiger partial charge on any atom is 0.319 e. The van der Waals surface area contributed by atoms with Gasteiger partial charge in [-0.2, -0.15) is 0 Å². The molecule has 2 saturated heterocycles. The van der Waals surface area contributed by atoms with Gasteiger partial charge >= 0.3 is 6.03 Å². The van der Waals surface area contributed by atoms with Gasteiger partial charge < -0.3 is 25.2 Å². The number of morpholine rings is 1. The summed E-state index contributed by atoms with van der Waals surface area (Å²) in [6.07, 6.45) is 0.343. The summed E-state index contributed by atoms with van der Waals surface area (Å²) in [6.45, 7) is 9.54. The van der Waals surface area contributed by atoms with Gasteiger partial charge in [-0.25, -0.2) is 4.79 Å². The first-order valence-electron chi connectivity index (χ1n) is 9.14. The third-order valence-corrected chi connectivity index (χ3v) is 4.77. The predicted molar refractivity (Wildman–Crippen MR) is 101 cm³/mol. The zero-order valence-electron chi connectivity index (χ0n) is 15.7. The van der Waals surface area contributed by atoms with Crippen LogP contribution >= 0.6 is 0 Å². The number of para-hydroxylation sites is 2. The van der Waals surface area contributed by atoms with Crippen molar-refractivity contribution in [1.29, 1.82) is 0 Å². The van der Waals surface area contributed by atoms with E-state index in [0.717, 1.165) is 24.5 Å². The average Bonchev–Trinajstić information content (AvgIpc) is 2.96. The van der Waals surface area contributed by atoms with Crippen molar-refractivity contribution in [3.05, 3.63) is 24.3 Å². The van der Waals surface area contributed by atoms with E-state index in [0.29, 0.717) is 26.2 Å². The summed E-state index contributed by atoms with van der Waals surface area (Å²) in [7, 11) is 0. The summed E-state index contributed by atoms with van der Waals surface area (Å²) in [4.78, 5) is 28.7. The molecule has 7 nitrogen and oxygen atoms in total. The van der Waals surface area contributed by atoms with Gasteiger partial charge in [-0.15, -0.1) is 0 Å². The van der Waals surface area contributed by atoms with Gasteiger partial charge in [0.25, 0.3) is 0 Å². The van der Waals surface area contributed by atoms with Gasteiger partial charge in [0.1, 0.15) is 0 Å².